The molecule has 0 bridgehead atoms. The third kappa shape index (κ3) is 6.11. The first-order chi connectivity index (χ1) is 15.4. The number of thioether (sulfide) groups is 1. The summed E-state index contributed by atoms with van der Waals surface area (Å²) in [7, 11) is 1.38. The highest BCUT2D eigenvalue weighted by molar-refractivity contribution is 7.99. The Balaban J connectivity index is 1.67. The van der Waals surface area contributed by atoms with E-state index < -0.39 is 17.4 Å². The fraction of sp³-hybridized carbons (Fsp3) is 0.150. The third-order valence-corrected chi connectivity index (χ3v) is 4.86. The zero-order chi connectivity index (χ0) is 23.1. The van der Waals surface area contributed by atoms with Crippen LogP contribution in [0.15, 0.2) is 59.9 Å². The molecule has 0 saturated carbocycles. The molecule has 0 aliphatic carbocycles. The molecule has 166 valence electrons. The molecule has 32 heavy (non-hydrogen) atoms. The van der Waals surface area contributed by atoms with Crippen molar-refractivity contribution in [2.24, 2.45) is 0 Å². The van der Waals surface area contributed by atoms with Crippen molar-refractivity contribution in [1.82, 2.24) is 9.97 Å². The van der Waals surface area contributed by atoms with Crippen molar-refractivity contribution in [3.63, 3.8) is 0 Å². The van der Waals surface area contributed by atoms with Gasteiger partial charge in [0.15, 0.2) is 5.16 Å². The number of nitrogens with zero attached hydrogens (tertiary/aromatic N) is 3. The molecular formula is C20H16F2N4O5S. The Morgan fingerprint density at radius 3 is 2.75 bits per heavy atom. The number of alkyl halides is 2. The van der Waals surface area contributed by atoms with Crippen LogP contribution in [0.2, 0.25) is 0 Å². The fourth-order valence-electron chi connectivity index (χ4n) is 2.61. The van der Waals surface area contributed by atoms with Gasteiger partial charge in [0.1, 0.15) is 17.2 Å². The van der Waals surface area contributed by atoms with Crippen LogP contribution >= 0.6 is 11.8 Å². The van der Waals surface area contributed by atoms with E-state index >= 15 is 0 Å². The Bertz CT molecular complexity index is 1130. The zero-order valence-corrected chi connectivity index (χ0v) is 17.3. The first kappa shape index (κ1) is 22.9. The summed E-state index contributed by atoms with van der Waals surface area (Å²) in [5.74, 6) is -0.325. The minimum absolute atomic E-state index is 0.00854. The lowest BCUT2D eigenvalue weighted by Crippen LogP contribution is -2.15. The highest BCUT2D eigenvalue weighted by atomic mass is 32.2. The molecule has 9 nitrogen and oxygen atoms in total. The maximum Gasteiger partial charge on any atom is 0.387 e. The lowest BCUT2D eigenvalue weighted by molar-refractivity contribution is -0.384. The van der Waals surface area contributed by atoms with E-state index in [-0.39, 0.29) is 33.8 Å². The molecule has 0 aliphatic heterocycles. The number of nitrogens with one attached hydrogen (secondary N) is 1. The van der Waals surface area contributed by atoms with Crippen LogP contribution in [0.25, 0.3) is 11.3 Å². The van der Waals surface area contributed by atoms with E-state index in [0.717, 1.165) is 11.8 Å². The molecule has 0 saturated heterocycles. The van der Waals surface area contributed by atoms with E-state index in [1.54, 1.807) is 18.2 Å². The summed E-state index contributed by atoms with van der Waals surface area (Å²) in [6.45, 7) is -2.94. The summed E-state index contributed by atoms with van der Waals surface area (Å²) < 4.78 is 34.2. The largest absolute Gasteiger partial charge is 0.496 e. The van der Waals surface area contributed by atoms with Crippen LogP contribution in [0.4, 0.5) is 20.2 Å². The number of ether oxygens (including phenoxy) is 2. The van der Waals surface area contributed by atoms with E-state index in [0.29, 0.717) is 11.3 Å². The molecule has 0 spiro atoms. The number of aromatic nitrogens is 2. The molecule has 1 aromatic heterocycles. The Morgan fingerprint density at radius 1 is 1.22 bits per heavy atom. The summed E-state index contributed by atoms with van der Waals surface area (Å²) in [5, 5.41) is 14.0. The van der Waals surface area contributed by atoms with Crippen LogP contribution in [0.3, 0.4) is 0 Å². The molecule has 0 unspecified atom stereocenters. The van der Waals surface area contributed by atoms with E-state index in [2.05, 4.69) is 20.0 Å². The lowest BCUT2D eigenvalue weighted by atomic mass is 10.1. The number of nitro benzene ring substituents is 1. The molecule has 3 rings (SSSR count). The van der Waals surface area contributed by atoms with Gasteiger partial charge in [0.25, 0.3) is 5.69 Å². The molecular weight excluding hydrogens is 446 g/mol. The van der Waals surface area contributed by atoms with Crippen LogP contribution < -0.4 is 14.8 Å². The number of hydrogen-bond donors (Lipinski definition) is 1. The van der Waals surface area contributed by atoms with Crippen LogP contribution in [-0.2, 0) is 4.79 Å². The van der Waals surface area contributed by atoms with E-state index in [1.165, 1.54) is 43.6 Å². The molecule has 1 N–H and O–H groups in total. The van der Waals surface area contributed by atoms with E-state index in [4.69, 9.17) is 4.74 Å². The minimum Gasteiger partial charge on any atom is -0.496 e. The van der Waals surface area contributed by atoms with Crippen LogP contribution in [0.1, 0.15) is 0 Å². The highest BCUT2D eigenvalue weighted by Crippen LogP contribution is 2.29. The Labute approximate surface area is 184 Å². The summed E-state index contributed by atoms with van der Waals surface area (Å²) in [6, 6.07) is 11.7. The Morgan fingerprint density at radius 2 is 2.03 bits per heavy atom. The molecule has 3 aromatic rings. The average molecular weight is 462 g/mol. The maximum absolute atomic E-state index is 12.4. The summed E-state index contributed by atoms with van der Waals surface area (Å²) >= 11 is 1.01. The summed E-state index contributed by atoms with van der Waals surface area (Å²) in [4.78, 5) is 31.3. The van der Waals surface area contributed by atoms with Gasteiger partial charge in [-0.3, -0.25) is 14.9 Å². The maximum atomic E-state index is 12.4. The normalized spacial score (nSPS) is 10.6. The van der Waals surface area contributed by atoms with E-state index in [9.17, 15) is 23.7 Å². The molecule has 0 atom stereocenters. The number of benzene rings is 2. The number of rotatable bonds is 9. The van der Waals surface area contributed by atoms with Gasteiger partial charge in [0, 0.05) is 11.8 Å². The standard InChI is InChI=1S/C20H16F2N4O5S/c1-30-13-5-6-16(17(10-13)26(28)29)24-18(27)11-32-20-23-8-7-15(25-20)12-3-2-4-14(9-12)31-19(21)22/h2-10,19H,11H2,1H3,(H,24,27). The molecule has 0 radical (unpaired) electrons. The number of hydrogen-bond acceptors (Lipinski definition) is 8. The monoisotopic (exact) mass is 462 g/mol. The number of carbonyl (C=O) groups excluding carboxylic acids is 1. The second-order valence-corrected chi connectivity index (χ2v) is 7.05. The smallest absolute Gasteiger partial charge is 0.387 e. The summed E-state index contributed by atoms with van der Waals surface area (Å²) in [5.41, 5.74) is 0.720. The summed E-state index contributed by atoms with van der Waals surface area (Å²) in [6.07, 6.45) is 1.47. The third-order valence-electron chi connectivity index (χ3n) is 4.00. The highest BCUT2D eigenvalue weighted by Gasteiger charge is 2.17. The quantitative estimate of drug-likeness (QED) is 0.215. The van der Waals surface area contributed by atoms with Gasteiger partial charge < -0.3 is 14.8 Å². The van der Waals surface area contributed by atoms with Gasteiger partial charge in [-0.2, -0.15) is 8.78 Å². The average Bonchev–Trinajstić information content (AvgIpc) is 2.78. The van der Waals surface area contributed by atoms with Crippen LogP contribution in [0.5, 0.6) is 11.5 Å². The van der Waals surface area contributed by atoms with Crippen LogP contribution in [0, 0.1) is 10.1 Å². The molecule has 0 fully saturated rings. The predicted octanol–water partition coefficient (Wildman–Crippen LogP) is 4.39. The van der Waals surface area contributed by atoms with Gasteiger partial charge in [-0.25, -0.2) is 9.97 Å². The predicted molar refractivity (Wildman–Crippen MR) is 113 cm³/mol. The second-order valence-electron chi connectivity index (χ2n) is 6.11. The first-order valence-electron chi connectivity index (χ1n) is 8.99. The van der Waals surface area contributed by atoms with Crippen molar-refractivity contribution < 1.29 is 28.0 Å². The number of nitro groups is 1. The van der Waals surface area contributed by atoms with Gasteiger partial charge in [-0.05, 0) is 30.3 Å². The van der Waals surface area contributed by atoms with E-state index in [1.807, 2.05) is 0 Å². The fourth-order valence-corrected chi connectivity index (χ4v) is 3.24. The number of amides is 1. The molecule has 12 heteroatoms. The van der Waals surface area contributed by atoms with Crippen LogP contribution in [-0.4, -0.2) is 40.3 Å². The topological polar surface area (TPSA) is 116 Å². The first-order valence-corrected chi connectivity index (χ1v) is 9.97. The lowest BCUT2D eigenvalue weighted by Gasteiger charge is -2.08. The second kappa shape index (κ2) is 10.5. The van der Waals surface area contributed by atoms with Gasteiger partial charge >= 0.3 is 6.61 Å². The zero-order valence-electron chi connectivity index (χ0n) is 16.5. The number of carbonyl (C=O) groups is 1. The molecule has 2 aromatic carbocycles. The number of methoxy groups -OCH3 is 1. The van der Waals surface area contributed by atoms with Gasteiger partial charge in [0.05, 0.1) is 29.5 Å². The molecule has 1 heterocycles. The van der Waals surface area contributed by atoms with Gasteiger partial charge in [-0.15, -0.1) is 0 Å². The van der Waals surface area contributed by atoms with Gasteiger partial charge in [-0.1, -0.05) is 23.9 Å². The number of halogens is 2. The Hall–Kier alpha value is -3.80. The molecule has 1 amide bonds. The minimum atomic E-state index is -2.94. The van der Waals surface area contributed by atoms with Gasteiger partial charge in [0.2, 0.25) is 5.91 Å². The van der Waals surface area contributed by atoms with Crippen molar-refractivity contribution in [3.8, 4) is 22.8 Å². The van der Waals surface area contributed by atoms with Crippen molar-refractivity contribution >= 4 is 29.0 Å². The number of anilines is 1. The van der Waals surface area contributed by atoms with Crippen molar-refractivity contribution in [1.29, 1.82) is 0 Å². The Kier molecular flexibility index (Phi) is 7.49. The van der Waals surface area contributed by atoms with Crippen molar-refractivity contribution in [2.45, 2.75) is 11.8 Å². The van der Waals surface area contributed by atoms with Crippen molar-refractivity contribution in [3.05, 3.63) is 64.8 Å². The molecule has 0 aliphatic rings. The van der Waals surface area contributed by atoms with Crippen molar-refractivity contribution in [2.75, 3.05) is 18.2 Å². The SMILES string of the molecule is COc1ccc(NC(=O)CSc2nccc(-c3cccc(OC(F)F)c3)n2)c([N+](=O)[O-])c1.